The van der Waals surface area contributed by atoms with Crippen molar-refractivity contribution in [2.24, 2.45) is 5.92 Å². The number of fused-ring (bicyclic) bond motifs is 3. The minimum atomic E-state index is -1.36. The van der Waals surface area contributed by atoms with Crippen LogP contribution in [0.3, 0.4) is 0 Å². The standard InChI is InChI=1S/C27H22NO.C21H28NSi.Ir/c1-27(2,3)19-15-16-28-23(17-19)21-12-7-13-22-25-20(18-9-5-4-6-10-18)11-8-14-24(25)29-26(21)22;1-23(2,3)21-16-22-20(18-12-8-5-9-13-18)15-19(21)14-17-10-6-4-7-11-17;/h4-11,13-17H,1-3H3;5,8-9,12,15-17H,4,6-7,10-11,14H2,1-3H3;/q2*-1;. The molecule has 0 bridgehead atoms. The summed E-state index contributed by atoms with van der Waals surface area (Å²) < 4.78 is 6.35. The van der Waals surface area contributed by atoms with Crippen LogP contribution in [0.25, 0.3) is 55.6 Å². The number of rotatable bonds is 6. The van der Waals surface area contributed by atoms with Gasteiger partial charge in [-0.3, -0.25) is 0 Å². The summed E-state index contributed by atoms with van der Waals surface area (Å²) in [7, 11) is -1.36. The maximum Gasteiger partial charge on any atom is 0.121 e. The van der Waals surface area contributed by atoms with Crippen LogP contribution in [-0.2, 0) is 31.9 Å². The van der Waals surface area contributed by atoms with Crippen molar-refractivity contribution < 1.29 is 24.5 Å². The minimum absolute atomic E-state index is 0. The fourth-order valence-electron chi connectivity index (χ4n) is 7.62. The van der Waals surface area contributed by atoms with Gasteiger partial charge in [0, 0.05) is 37.9 Å². The summed E-state index contributed by atoms with van der Waals surface area (Å²) >= 11 is 0. The van der Waals surface area contributed by atoms with Gasteiger partial charge in [-0.1, -0.05) is 144 Å². The monoisotopic (exact) mass is 891 g/mol. The molecule has 0 N–H and O–H groups in total. The second-order valence-electron chi connectivity index (χ2n) is 16.4. The Morgan fingerprint density at radius 3 is 2.26 bits per heavy atom. The van der Waals surface area contributed by atoms with Crippen LogP contribution in [0.5, 0.6) is 0 Å². The largest absolute Gasteiger partial charge is 0.501 e. The van der Waals surface area contributed by atoms with Crippen LogP contribution in [0.1, 0.15) is 64.0 Å². The Morgan fingerprint density at radius 1 is 0.774 bits per heavy atom. The number of aromatic nitrogens is 2. The fourth-order valence-corrected chi connectivity index (χ4v) is 9.21. The first kappa shape index (κ1) is 38.6. The summed E-state index contributed by atoms with van der Waals surface area (Å²) in [6.07, 6.45) is 12.3. The molecule has 1 fully saturated rings. The topological polar surface area (TPSA) is 38.9 Å². The van der Waals surface area contributed by atoms with Crippen LogP contribution < -0.4 is 5.19 Å². The summed E-state index contributed by atoms with van der Waals surface area (Å²) in [6, 6.07) is 42.2. The van der Waals surface area contributed by atoms with Crippen LogP contribution in [0.4, 0.5) is 0 Å². The molecule has 4 aromatic carbocycles. The number of furan rings is 1. The van der Waals surface area contributed by atoms with E-state index in [0.717, 1.165) is 50.4 Å². The van der Waals surface area contributed by atoms with E-state index in [1.165, 1.54) is 55.2 Å². The zero-order chi connectivity index (χ0) is 36.3. The number of hydrogen-bond acceptors (Lipinski definition) is 3. The number of pyridine rings is 2. The van der Waals surface area contributed by atoms with Crippen molar-refractivity contribution in [3.8, 4) is 33.6 Å². The molecule has 7 aromatic rings. The van der Waals surface area contributed by atoms with Crippen molar-refractivity contribution in [3.05, 3.63) is 139 Å². The molecule has 5 heteroatoms. The first-order valence-corrected chi connectivity index (χ1v) is 22.4. The van der Waals surface area contributed by atoms with Gasteiger partial charge < -0.3 is 14.4 Å². The fraction of sp³-hybridized carbons (Fsp3) is 0.292. The molecule has 1 aliphatic rings. The smallest absolute Gasteiger partial charge is 0.121 e. The van der Waals surface area contributed by atoms with Gasteiger partial charge in [0.05, 0.1) is 13.7 Å². The quantitative estimate of drug-likeness (QED) is 0.123. The third-order valence-corrected chi connectivity index (χ3v) is 12.5. The predicted octanol–water partition coefficient (Wildman–Crippen LogP) is 12.6. The molecule has 0 atom stereocenters. The molecule has 3 heterocycles. The van der Waals surface area contributed by atoms with Gasteiger partial charge in [0.2, 0.25) is 0 Å². The molecule has 1 aliphatic carbocycles. The van der Waals surface area contributed by atoms with E-state index in [2.05, 4.69) is 137 Å². The van der Waals surface area contributed by atoms with E-state index in [1.54, 1.807) is 10.8 Å². The van der Waals surface area contributed by atoms with Crippen molar-refractivity contribution in [2.45, 2.75) is 84.4 Å². The van der Waals surface area contributed by atoms with Crippen molar-refractivity contribution in [2.75, 3.05) is 0 Å². The predicted molar refractivity (Wildman–Crippen MR) is 222 cm³/mol. The average Bonchev–Trinajstić information content (AvgIpc) is 3.55. The molecule has 3 nitrogen and oxygen atoms in total. The van der Waals surface area contributed by atoms with Crippen LogP contribution in [0.15, 0.2) is 120 Å². The first-order chi connectivity index (χ1) is 25.1. The Morgan fingerprint density at radius 2 is 1.55 bits per heavy atom. The Kier molecular flexibility index (Phi) is 12.0. The Balaban J connectivity index is 0.000000183. The molecule has 0 spiro atoms. The molecule has 0 amide bonds. The van der Waals surface area contributed by atoms with Crippen molar-refractivity contribution in [1.82, 2.24) is 9.97 Å². The molecule has 1 saturated carbocycles. The molecule has 3 aromatic heterocycles. The van der Waals surface area contributed by atoms with Gasteiger partial charge in [0.15, 0.2) is 0 Å². The Labute approximate surface area is 330 Å². The number of hydrogen-bond donors (Lipinski definition) is 0. The van der Waals surface area contributed by atoms with Crippen molar-refractivity contribution >= 4 is 35.2 Å². The zero-order valence-electron chi connectivity index (χ0n) is 31.9. The second-order valence-corrected chi connectivity index (χ2v) is 21.4. The third kappa shape index (κ3) is 8.81. The van der Waals surface area contributed by atoms with Gasteiger partial charge in [0.1, 0.15) is 5.58 Å². The maximum atomic E-state index is 6.35. The van der Waals surface area contributed by atoms with E-state index in [4.69, 9.17) is 9.40 Å². The molecule has 273 valence electrons. The van der Waals surface area contributed by atoms with Crippen LogP contribution in [0, 0.1) is 18.1 Å². The molecular formula is C48H50IrN2OSi-2. The van der Waals surface area contributed by atoms with E-state index in [1.807, 2.05) is 36.5 Å². The minimum Gasteiger partial charge on any atom is -0.501 e. The zero-order valence-corrected chi connectivity index (χ0v) is 35.3. The van der Waals surface area contributed by atoms with Gasteiger partial charge in [-0.2, -0.15) is 0 Å². The molecule has 8 rings (SSSR count). The normalized spacial score (nSPS) is 13.7. The summed E-state index contributed by atoms with van der Waals surface area (Å²) in [5.41, 5.74) is 10.9. The summed E-state index contributed by atoms with van der Waals surface area (Å²) in [4.78, 5) is 9.41. The molecule has 1 radical (unpaired) electrons. The summed E-state index contributed by atoms with van der Waals surface area (Å²) in [5.74, 6) is 0.869. The van der Waals surface area contributed by atoms with Gasteiger partial charge >= 0.3 is 0 Å². The molecule has 0 unspecified atom stereocenters. The van der Waals surface area contributed by atoms with Crippen LogP contribution >= 0.6 is 0 Å². The van der Waals surface area contributed by atoms with Crippen molar-refractivity contribution in [1.29, 1.82) is 0 Å². The number of benzene rings is 4. The number of nitrogens with zero attached hydrogens (tertiary/aromatic N) is 2. The van der Waals surface area contributed by atoms with Crippen LogP contribution in [0.2, 0.25) is 19.6 Å². The van der Waals surface area contributed by atoms with E-state index in [0.29, 0.717) is 0 Å². The Hall–Kier alpha value is -4.15. The molecular weight excluding hydrogens is 841 g/mol. The van der Waals surface area contributed by atoms with Gasteiger partial charge in [-0.15, -0.1) is 54.1 Å². The second kappa shape index (κ2) is 16.5. The maximum absolute atomic E-state index is 6.35. The van der Waals surface area contributed by atoms with Gasteiger partial charge in [0.25, 0.3) is 0 Å². The van der Waals surface area contributed by atoms with Gasteiger partial charge in [-0.05, 0) is 63.2 Å². The average molecular weight is 891 g/mol. The summed E-state index contributed by atoms with van der Waals surface area (Å²) in [5, 5.41) is 3.77. The molecule has 0 aliphatic heterocycles. The molecule has 53 heavy (non-hydrogen) atoms. The van der Waals surface area contributed by atoms with E-state index >= 15 is 0 Å². The van der Waals surface area contributed by atoms with Crippen LogP contribution in [-0.4, -0.2) is 18.0 Å². The van der Waals surface area contributed by atoms with E-state index in [9.17, 15) is 0 Å². The van der Waals surface area contributed by atoms with Gasteiger partial charge in [-0.25, -0.2) is 0 Å². The Bertz CT molecular complexity index is 2280. The third-order valence-electron chi connectivity index (χ3n) is 10.4. The van der Waals surface area contributed by atoms with Crippen molar-refractivity contribution in [3.63, 3.8) is 0 Å². The molecule has 0 saturated heterocycles. The SMILES string of the molecule is CC(C)(C)c1ccnc(-c2[c-]ccc3c2oc2cccc(-c4ccccc4)c23)c1.C[Si](C)(C)c1cnc(-c2[c-]cccc2)cc1CC1CCCCC1.[Ir]. The van der Waals surface area contributed by atoms with E-state index in [-0.39, 0.29) is 25.5 Å². The van der Waals surface area contributed by atoms with E-state index < -0.39 is 8.07 Å². The first-order valence-electron chi connectivity index (χ1n) is 18.9. The summed E-state index contributed by atoms with van der Waals surface area (Å²) in [6.45, 7) is 13.9.